The number of nitrogens with zero attached hydrogens (tertiary/aromatic N) is 1. The molecule has 1 unspecified atom stereocenters. The lowest BCUT2D eigenvalue weighted by Crippen LogP contribution is -2.57. The van der Waals surface area contributed by atoms with Gasteiger partial charge >= 0.3 is 6.03 Å². The minimum Gasteiger partial charge on any atom is -0.322 e. The molecule has 3 aliphatic rings. The van der Waals surface area contributed by atoms with E-state index in [4.69, 9.17) is 0 Å². The number of piperidine rings is 1. The van der Waals surface area contributed by atoms with Gasteiger partial charge in [-0.2, -0.15) is 0 Å². The lowest BCUT2D eigenvalue weighted by Gasteiger charge is -2.38. The number of hydrogen-bond donors (Lipinski definition) is 2. The van der Waals surface area contributed by atoms with Crippen molar-refractivity contribution in [2.75, 3.05) is 19.6 Å². The molecule has 1 saturated carbocycles. The molecule has 0 bridgehead atoms. The van der Waals surface area contributed by atoms with Crippen molar-refractivity contribution < 1.29 is 14.0 Å². The first kappa shape index (κ1) is 19.1. The lowest BCUT2D eigenvalue weighted by atomic mass is 9.74. The molecule has 1 aromatic rings. The van der Waals surface area contributed by atoms with Crippen molar-refractivity contribution in [3.05, 3.63) is 35.6 Å². The second kappa shape index (κ2) is 7.53. The van der Waals surface area contributed by atoms with Gasteiger partial charge in [-0.15, -0.1) is 12.4 Å². The first-order valence-corrected chi connectivity index (χ1v) is 9.18. The number of carbonyl (C=O) groups is 2. The van der Waals surface area contributed by atoms with Gasteiger partial charge in [0.2, 0.25) is 0 Å². The summed E-state index contributed by atoms with van der Waals surface area (Å²) in [7, 11) is 0. The molecule has 1 aliphatic carbocycles. The van der Waals surface area contributed by atoms with E-state index in [1.54, 1.807) is 18.2 Å². The molecule has 2 aliphatic heterocycles. The van der Waals surface area contributed by atoms with Gasteiger partial charge in [-0.3, -0.25) is 9.69 Å². The standard InChI is InChI=1S/C19H24FN3O2.ClH/c20-16-4-2-1-3-14(16)11-19(15-7-9-21-10-8-15)17(24)23(18(25)22-19)12-13-5-6-13;/h1-4,13,15,21H,5-12H2,(H,22,25);1H. The van der Waals surface area contributed by atoms with Crippen LogP contribution in [0.1, 0.15) is 31.2 Å². The predicted molar refractivity (Wildman–Crippen MR) is 98.6 cm³/mol. The Morgan fingerprint density at radius 1 is 1.12 bits per heavy atom. The molecule has 26 heavy (non-hydrogen) atoms. The number of amides is 3. The quantitative estimate of drug-likeness (QED) is 0.770. The fourth-order valence-electron chi connectivity index (χ4n) is 4.17. The van der Waals surface area contributed by atoms with Gasteiger partial charge in [-0.25, -0.2) is 9.18 Å². The number of nitrogens with one attached hydrogen (secondary N) is 2. The summed E-state index contributed by atoms with van der Waals surface area (Å²) in [5, 5.41) is 6.29. The van der Waals surface area contributed by atoms with Crippen molar-refractivity contribution in [2.45, 2.75) is 37.6 Å². The van der Waals surface area contributed by atoms with E-state index < -0.39 is 5.54 Å². The van der Waals surface area contributed by atoms with Crippen LogP contribution in [0.4, 0.5) is 9.18 Å². The molecule has 142 valence electrons. The highest BCUT2D eigenvalue weighted by Gasteiger charge is 2.56. The van der Waals surface area contributed by atoms with E-state index in [0.717, 1.165) is 38.8 Å². The Balaban J connectivity index is 0.00000196. The largest absolute Gasteiger partial charge is 0.325 e. The minimum atomic E-state index is -1.02. The summed E-state index contributed by atoms with van der Waals surface area (Å²) in [5.41, 5.74) is -0.529. The third-order valence-corrected chi connectivity index (χ3v) is 5.80. The van der Waals surface area contributed by atoms with Crippen LogP contribution in [0.2, 0.25) is 0 Å². The van der Waals surface area contributed by atoms with Crippen molar-refractivity contribution in [1.29, 1.82) is 0 Å². The normalized spacial score (nSPS) is 26.6. The van der Waals surface area contributed by atoms with Gasteiger partial charge in [0.05, 0.1) is 0 Å². The van der Waals surface area contributed by atoms with Gasteiger partial charge < -0.3 is 10.6 Å². The van der Waals surface area contributed by atoms with Crippen molar-refractivity contribution >= 4 is 24.3 Å². The van der Waals surface area contributed by atoms with Crippen LogP contribution in [0.5, 0.6) is 0 Å². The molecule has 0 radical (unpaired) electrons. The topological polar surface area (TPSA) is 61.4 Å². The van der Waals surface area contributed by atoms with E-state index in [1.165, 1.54) is 11.0 Å². The Hall–Kier alpha value is -1.66. The summed E-state index contributed by atoms with van der Waals surface area (Å²) in [5.74, 6) is -0.0287. The fraction of sp³-hybridized carbons (Fsp3) is 0.579. The predicted octanol–water partition coefficient (Wildman–Crippen LogP) is 2.49. The number of hydrogen-bond acceptors (Lipinski definition) is 3. The summed E-state index contributed by atoms with van der Waals surface area (Å²) < 4.78 is 14.3. The molecule has 0 aromatic heterocycles. The van der Waals surface area contributed by atoms with Crippen LogP contribution in [0.3, 0.4) is 0 Å². The summed E-state index contributed by atoms with van der Waals surface area (Å²) in [4.78, 5) is 27.3. The first-order valence-electron chi connectivity index (χ1n) is 9.18. The van der Waals surface area contributed by atoms with E-state index >= 15 is 0 Å². The number of rotatable bonds is 5. The van der Waals surface area contributed by atoms with Gasteiger partial charge in [-0.1, -0.05) is 18.2 Å². The van der Waals surface area contributed by atoms with E-state index in [9.17, 15) is 14.0 Å². The fourth-order valence-corrected chi connectivity index (χ4v) is 4.17. The van der Waals surface area contributed by atoms with Crippen LogP contribution in [0.25, 0.3) is 0 Å². The maximum absolute atomic E-state index is 14.3. The van der Waals surface area contributed by atoms with Gasteiger partial charge in [0.25, 0.3) is 5.91 Å². The summed E-state index contributed by atoms with van der Waals surface area (Å²) in [6.07, 6.45) is 3.97. The Labute approximate surface area is 159 Å². The maximum Gasteiger partial charge on any atom is 0.325 e. The molecule has 4 rings (SSSR count). The highest BCUT2D eigenvalue weighted by Crippen LogP contribution is 2.38. The van der Waals surface area contributed by atoms with Crippen LogP contribution < -0.4 is 10.6 Å². The van der Waals surface area contributed by atoms with Crippen molar-refractivity contribution in [2.24, 2.45) is 11.8 Å². The Morgan fingerprint density at radius 3 is 2.46 bits per heavy atom. The number of urea groups is 1. The summed E-state index contributed by atoms with van der Waals surface area (Å²) >= 11 is 0. The van der Waals surface area contributed by atoms with Crippen molar-refractivity contribution in [3.63, 3.8) is 0 Å². The molecule has 0 spiro atoms. The highest BCUT2D eigenvalue weighted by atomic mass is 35.5. The zero-order valence-electron chi connectivity index (χ0n) is 14.7. The molecule has 5 nitrogen and oxygen atoms in total. The average molecular weight is 382 g/mol. The van der Waals surface area contributed by atoms with Gasteiger partial charge in [-0.05, 0) is 62.2 Å². The number of imide groups is 1. The van der Waals surface area contributed by atoms with Crippen LogP contribution >= 0.6 is 12.4 Å². The second-order valence-corrected chi connectivity index (χ2v) is 7.55. The third-order valence-electron chi connectivity index (χ3n) is 5.80. The van der Waals surface area contributed by atoms with Crippen LogP contribution in [0, 0.1) is 17.7 Å². The second-order valence-electron chi connectivity index (χ2n) is 7.55. The zero-order valence-corrected chi connectivity index (χ0v) is 15.5. The van der Waals surface area contributed by atoms with Crippen LogP contribution in [-0.4, -0.2) is 42.0 Å². The van der Waals surface area contributed by atoms with Gasteiger partial charge in [0.15, 0.2) is 0 Å². The Morgan fingerprint density at radius 2 is 1.81 bits per heavy atom. The number of carbonyl (C=O) groups excluding carboxylic acids is 2. The summed E-state index contributed by atoms with van der Waals surface area (Å²) in [6.45, 7) is 2.12. The summed E-state index contributed by atoms with van der Waals surface area (Å²) in [6, 6.07) is 6.23. The monoisotopic (exact) mass is 381 g/mol. The molecule has 3 amide bonds. The van der Waals surface area contributed by atoms with Crippen molar-refractivity contribution in [3.8, 4) is 0 Å². The number of benzene rings is 1. The molecule has 2 saturated heterocycles. The van der Waals surface area contributed by atoms with E-state index in [2.05, 4.69) is 10.6 Å². The van der Waals surface area contributed by atoms with Crippen molar-refractivity contribution in [1.82, 2.24) is 15.5 Å². The molecule has 2 N–H and O–H groups in total. The average Bonchev–Trinajstić information content (AvgIpc) is 3.41. The molecule has 2 heterocycles. The molecule has 7 heteroatoms. The minimum absolute atomic E-state index is 0. The van der Waals surface area contributed by atoms with Crippen LogP contribution in [0.15, 0.2) is 24.3 Å². The van der Waals surface area contributed by atoms with E-state index in [1.807, 2.05) is 0 Å². The molecular weight excluding hydrogens is 357 g/mol. The third kappa shape index (κ3) is 3.45. The maximum atomic E-state index is 14.3. The molecule has 1 atom stereocenters. The van der Waals surface area contributed by atoms with Crippen LogP contribution in [-0.2, 0) is 11.2 Å². The zero-order chi connectivity index (χ0) is 17.4. The SMILES string of the molecule is Cl.O=C1NC(Cc2ccccc2F)(C2CCNCC2)C(=O)N1CC1CC1. The molecular formula is C19H25ClFN3O2. The molecule has 3 fully saturated rings. The van der Waals surface area contributed by atoms with E-state index in [0.29, 0.717) is 18.0 Å². The highest BCUT2D eigenvalue weighted by molar-refractivity contribution is 6.07. The number of halogens is 2. The lowest BCUT2D eigenvalue weighted by molar-refractivity contribution is -0.133. The Kier molecular flexibility index (Phi) is 5.53. The van der Waals surface area contributed by atoms with Gasteiger partial charge in [0.1, 0.15) is 11.4 Å². The smallest absolute Gasteiger partial charge is 0.322 e. The first-order chi connectivity index (χ1) is 12.1. The van der Waals surface area contributed by atoms with Gasteiger partial charge in [0, 0.05) is 13.0 Å². The molecule has 1 aromatic carbocycles. The Bertz CT molecular complexity index is 691. The van der Waals surface area contributed by atoms with E-state index in [-0.39, 0.29) is 42.5 Å².